The normalized spacial score (nSPS) is 44.4. The molecule has 0 aromatic rings. The van der Waals surface area contributed by atoms with Crippen LogP contribution in [0.3, 0.4) is 0 Å². The molecule has 15 heavy (non-hydrogen) atoms. The number of hydrogen-bond acceptors (Lipinski definition) is 5. The second kappa shape index (κ2) is 3.17. The average molecular weight is 216 g/mol. The van der Waals surface area contributed by atoms with Gasteiger partial charge in [0.2, 0.25) is 6.29 Å². The highest BCUT2D eigenvalue weighted by Crippen LogP contribution is 2.50. The maximum absolute atomic E-state index is 11.8. The lowest BCUT2D eigenvalue weighted by atomic mass is 9.73. The Morgan fingerprint density at radius 2 is 1.87 bits per heavy atom. The molecule has 2 saturated heterocycles. The molecule has 1 N–H and O–H groups in total. The van der Waals surface area contributed by atoms with Gasteiger partial charge in [0.25, 0.3) is 0 Å². The minimum Gasteiger partial charge on any atom is -0.435 e. The van der Waals surface area contributed by atoms with Gasteiger partial charge in [-0.05, 0) is 13.8 Å². The second-order valence-electron chi connectivity index (χ2n) is 4.43. The molecule has 0 amide bonds. The van der Waals surface area contributed by atoms with Gasteiger partial charge in [0.15, 0.2) is 5.79 Å². The molecule has 86 valence electrons. The van der Waals surface area contributed by atoms with Crippen molar-refractivity contribution in [1.29, 1.82) is 0 Å². The van der Waals surface area contributed by atoms with E-state index in [1.807, 2.05) is 0 Å². The molecule has 2 aliphatic heterocycles. The molecule has 0 saturated carbocycles. The number of cyclic esters (lactones) is 1. The van der Waals surface area contributed by atoms with Crippen LogP contribution < -0.4 is 0 Å². The summed E-state index contributed by atoms with van der Waals surface area (Å²) in [6, 6.07) is 0. The summed E-state index contributed by atoms with van der Waals surface area (Å²) in [5.74, 6) is -1.82. The van der Waals surface area contributed by atoms with Crippen LogP contribution in [0.5, 0.6) is 0 Å². The van der Waals surface area contributed by atoms with Crippen molar-refractivity contribution in [3.05, 3.63) is 0 Å². The number of aliphatic hydroxyl groups excluding tert-OH is 1. The van der Waals surface area contributed by atoms with Crippen molar-refractivity contribution in [3.8, 4) is 0 Å². The van der Waals surface area contributed by atoms with Gasteiger partial charge in [0.1, 0.15) is 5.41 Å². The highest BCUT2D eigenvalue weighted by Gasteiger charge is 2.64. The molecule has 2 fully saturated rings. The van der Waals surface area contributed by atoms with E-state index in [4.69, 9.17) is 14.2 Å². The molecule has 0 unspecified atom stereocenters. The Bertz CT molecular complexity index is 284. The van der Waals surface area contributed by atoms with Gasteiger partial charge in [-0.2, -0.15) is 0 Å². The van der Waals surface area contributed by atoms with E-state index in [0.29, 0.717) is 13.2 Å². The Hall–Kier alpha value is -0.650. The summed E-state index contributed by atoms with van der Waals surface area (Å²) >= 11 is 0. The van der Waals surface area contributed by atoms with Crippen LogP contribution in [-0.4, -0.2) is 36.4 Å². The maximum Gasteiger partial charge on any atom is 0.320 e. The van der Waals surface area contributed by atoms with E-state index in [9.17, 15) is 9.90 Å². The summed E-state index contributed by atoms with van der Waals surface area (Å²) < 4.78 is 15.8. The summed E-state index contributed by atoms with van der Waals surface area (Å²) in [5, 5.41) is 9.52. The number of carbonyl (C=O) groups is 1. The third kappa shape index (κ3) is 1.23. The Morgan fingerprint density at radius 3 is 2.27 bits per heavy atom. The van der Waals surface area contributed by atoms with Crippen LogP contribution in [0.2, 0.25) is 0 Å². The van der Waals surface area contributed by atoms with Crippen molar-refractivity contribution in [3.63, 3.8) is 0 Å². The molecular weight excluding hydrogens is 200 g/mol. The Morgan fingerprint density at radius 1 is 1.33 bits per heavy atom. The minimum absolute atomic E-state index is 0.354. The Labute approximate surface area is 88.3 Å². The molecule has 5 nitrogen and oxygen atoms in total. The van der Waals surface area contributed by atoms with Crippen molar-refractivity contribution in [2.45, 2.75) is 32.8 Å². The number of carbonyl (C=O) groups excluding carboxylic acids is 1. The molecule has 0 spiro atoms. The van der Waals surface area contributed by atoms with Crippen LogP contribution in [0.25, 0.3) is 0 Å². The summed E-state index contributed by atoms with van der Waals surface area (Å²) in [4.78, 5) is 11.8. The van der Waals surface area contributed by atoms with Crippen LogP contribution in [-0.2, 0) is 19.0 Å². The first-order chi connectivity index (χ1) is 6.92. The first-order valence-electron chi connectivity index (χ1n) is 5.09. The van der Waals surface area contributed by atoms with Gasteiger partial charge in [0, 0.05) is 5.92 Å². The molecule has 0 radical (unpaired) electrons. The van der Waals surface area contributed by atoms with Crippen molar-refractivity contribution < 1.29 is 24.1 Å². The molecule has 2 aliphatic rings. The SMILES string of the molecule is C[C@@H]1[C@@H](O)OC(=O)[C@]1(C)C1(C)OCCO1. The number of rotatable bonds is 1. The van der Waals surface area contributed by atoms with Gasteiger partial charge in [-0.1, -0.05) is 6.92 Å². The third-order valence-corrected chi connectivity index (χ3v) is 3.77. The van der Waals surface area contributed by atoms with E-state index < -0.39 is 23.5 Å². The van der Waals surface area contributed by atoms with E-state index in [-0.39, 0.29) is 5.92 Å². The fourth-order valence-electron chi connectivity index (χ4n) is 2.22. The molecule has 3 atom stereocenters. The molecule has 2 heterocycles. The number of hydrogen-bond donors (Lipinski definition) is 1. The average Bonchev–Trinajstić information content (AvgIpc) is 2.69. The van der Waals surface area contributed by atoms with Gasteiger partial charge in [0.05, 0.1) is 13.2 Å². The smallest absolute Gasteiger partial charge is 0.320 e. The monoisotopic (exact) mass is 216 g/mol. The summed E-state index contributed by atoms with van der Waals surface area (Å²) in [5.41, 5.74) is -0.955. The molecule has 5 heteroatoms. The predicted octanol–water partition coefficient (Wildman–Crippen LogP) is 0.267. The highest BCUT2D eigenvalue weighted by atomic mass is 16.7. The third-order valence-electron chi connectivity index (χ3n) is 3.77. The largest absolute Gasteiger partial charge is 0.435 e. The summed E-state index contributed by atoms with van der Waals surface area (Å²) in [6.07, 6.45) is -1.08. The number of aliphatic hydroxyl groups is 1. The number of esters is 1. The van der Waals surface area contributed by atoms with Crippen LogP contribution in [0, 0.1) is 11.3 Å². The highest BCUT2D eigenvalue weighted by molar-refractivity contribution is 5.80. The van der Waals surface area contributed by atoms with Gasteiger partial charge in [-0.15, -0.1) is 0 Å². The van der Waals surface area contributed by atoms with E-state index in [2.05, 4.69) is 0 Å². The molecule has 0 aromatic heterocycles. The molecule has 0 aliphatic carbocycles. The number of ether oxygens (including phenoxy) is 3. The van der Waals surface area contributed by atoms with Crippen molar-refractivity contribution >= 4 is 5.97 Å². The van der Waals surface area contributed by atoms with E-state index in [1.54, 1.807) is 20.8 Å². The predicted molar refractivity (Wildman–Crippen MR) is 49.7 cm³/mol. The molecule has 2 rings (SSSR count). The first-order valence-corrected chi connectivity index (χ1v) is 5.09. The standard InChI is InChI=1S/C10H16O5/c1-6-7(11)15-8(12)9(6,2)10(3)13-4-5-14-10/h6-7,11H,4-5H2,1-3H3/t6-,7+,9-/m1/s1. The first kappa shape index (κ1) is 10.9. The van der Waals surface area contributed by atoms with Crippen LogP contribution in [0.1, 0.15) is 20.8 Å². The van der Waals surface area contributed by atoms with Gasteiger partial charge < -0.3 is 19.3 Å². The maximum atomic E-state index is 11.8. The molecule has 0 aromatic carbocycles. The lowest BCUT2D eigenvalue weighted by Gasteiger charge is -2.38. The van der Waals surface area contributed by atoms with Crippen LogP contribution in [0.4, 0.5) is 0 Å². The zero-order valence-electron chi connectivity index (χ0n) is 9.15. The summed E-state index contributed by atoms with van der Waals surface area (Å²) in [7, 11) is 0. The Balaban J connectivity index is 2.36. The van der Waals surface area contributed by atoms with Crippen molar-refractivity contribution in [2.24, 2.45) is 11.3 Å². The quantitative estimate of drug-likeness (QED) is 0.637. The van der Waals surface area contributed by atoms with Crippen molar-refractivity contribution in [2.75, 3.05) is 13.2 Å². The fourth-order valence-corrected chi connectivity index (χ4v) is 2.22. The van der Waals surface area contributed by atoms with E-state index in [0.717, 1.165) is 0 Å². The summed E-state index contributed by atoms with van der Waals surface area (Å²) in [6.45, 7) is 6.10. The lowest BCUT2D eigenvalue weighted by Crippen LogP contribution is -2.51. The van der Waals surface area contributed by atoms with Gasteiger partial charge >= 0.3 is 5.97 Å². The molecular formula is C10H16O5. The zero-order chi connectivity index (χ0) is 11.3. The topological polar surface area (TPSA) is 65.0 Å². The van der Waals surface area contributed by atoms with Crippen LogP contribution in [0.15, 0.2) is 0 Å². The molecule has 0 bridgehead atoms. The van der Waals surface area contributed by atoms with Crippen LogP contribution >= 0.6 is 0 Å². The van der Waals surface area contributed by atoms with E-state index >= 15 is 0 Å². The minimum atomic E-state index is -1.08. The lowest BCUT2D eigenvalue weighted by molar-refractivity contribution is -0.227. The second-order valence-corrected chi connectivity index (χ2v) is 4.43. The van der Waals surface area contributed by atoms with E-state index in [1.165, 1.54) is 0 Å². The zero-order valence-corrected chi connectivity index (χ0v) is 9.15. The van der Waals surface area contributed by atoms with Gasteiger partial charge in [-0.3, -0.25) is 4.79 Å². The van der Waals surface area contributed by atoms with Crippen molar-refractivity contribution in [1.82, 2.24) is 0 Å². The van der Waals surface area contributed by atoms with Gasteiger partial charge in [-0.25, -0.2) is 0 Å². The fraction of sp³-hybridized carbons (Fsp3) is 0.900. The Kier molecular flexibility index (Phi) is 2.29.